The predicted molar refractivity (Wildman–Crippen MR) is 111 cm³/mol. The maximum Gasteiger partial charge on any atom is 0.229 e. The van der Waals surface area contributed by atoms with Crippen LogP contribution in [0.3, 0.4) is 0 Å². The molecular weight excluding hydrogens is 460 g/mol. The minimum absolute atomic E-state index is 0.0178. The summed E-state index contributed by atoms with van der Waals surface area (Å²) in [7, 11) is 0. The quantitative estimate of drug-likeness (QED) is 0.208. The lowest BCUT2D eigenvalue weighted by atomic mass is 9.99. The Balaban J connectivity index is 1.82. The van der Waals surface area contributed by atoms with Crippen LogP contribution >= 0.6 is 0 Å². The van der Waals surface area contributed by atoms with Crippen molar-refractivity contribution in [2.45, 2.75) is 30.7 Å². The van der Waals surface area contributed by atoms with Gasteiger partial charge in [-0.25, -0.2) is 0 Å². The van der Waals surface area contributed by atoms with Crippen molar-refractivity contribution in [3.05, 3.63) is 34.5 Å². The molecule has 13 nitrogen and oxygen atoms in total. The molecule has 13 heteroatoms. The molecule has 3 aromatic rings. The summed E-state index contributed by atoms with van der Waals surface area (Å²) >= 11 is 0. The molecule has 0 aliphatic carbocycles. The number of rotatable bonds is 4. The third-order valence-corrected chi connectivity index (χ3v) is 5.36. The third kappa shape index (κ3) is 3.81. The van der Waals surface area contributed by atoms with Gasteiger partial charge in [-0.3, -0.25) is 4.79 Å². The van der Waals surface area contributed by atoms with Gasteiger partial charge in [0.05, 0.1) is 6.61 Å². The van der Waals surface area contributed by atoms with Crippen LogP contribution in [0.4, 0.5) is 0 Å². The molecule has 182 valence electrons. The number of aliphatic hydroxyl groups is 4. The molecule has 4 rings (SSSR count). The maximum absolute atomic E-state index is 12.9. The van der Waals surface area contributed by atoms with Crippen LogP contribution < -0.4 is 10.2 Å². The molecule has 5 atom stereocenters. The summed E-state index contributed by atoms with van der Waals surface area (Å²) in [6, 6.07) is 3.80. The highest BCUT2D eigenvalue weighted by molar-refractivity contribution is 5.89. The van der Waals surface area contributed by atoms with Gasteiger partial charge in [0, 0.05) is 17.7 Å². The molecular formula is C21H20O13. The van der Waals surface area contributed by atoms with E-state index in [1.165, 1.54) is 0 Å². The van der Waals surface area contributed by atoms with Crippen LogP contribution in [0.5, 0.6) is 34.5 Å². The number of phenolic OH excluding ortho intramolecular Hbond substituents is 5. The van der Waals surface area contributed by atoms with Crippen molar-refractivity contribution >= 4 is 11.0 Å². The van der Waals surface area contributed by atoms with E-state index in [0.29, 0.717) is 0 Å². The number of aliphatic hydroxyl groups excluding tert-OH is 4. The zero-order chi connectivity index (χ0) is 24.9. The molecule has 1 fully saturated rings. The number of ether oxygens (including phenoxy) is 2. The second kappa shape index (κ2) is 8.55. The highest BCUT2D eigenvalue weighted by atomic mass is 16.7. The first-order valence-electron chi connectivity index (χ1n) is 9.78. The summed E-state index contributed by atoms with van der Waals surface area (Å²) in [5.74, 6) is -4.79. The van der Waals surface area contributed by atoms with E-state index in [1.807, 2.05) is 0 Å². The van der Waals surface area contributed by atoms with E-state index < -0.39 is 82.6 Å². The number of fused-ring (bicyclic) bond motifs is 1. The van der Waals surface area contributed by atoms with E-state index in [-0.39, 0.29) is 16.9 Å². The van der Waals surface area contributed by atoms with Crippen LogP contribution in [0.2, 0.25) is 0 Å². The highest BCUT2D eigenvalue weighted by Crippen LogP contribution is 2.44. The Kier molecular flexibility index (Phi) is 5.89. The molecule has 0 bridgehead atoms. The van der Waals surface area contributed by atoms with E-state index in [1.54, 1.807) is 0 Å². The van der Waals surface area contributed by atoms with Gasteiger partial charge in [0.25, 0.3) is 0 Å². The summed E-state index contributed by atoms with van der Waals surface area (Å²) in [4.78, 5) is 12.9. The number of benzene rings is 2. The molecule has 0 spiro atoms. The van der Waals surface area contributed by atoms with E-state index in [2.05, 4.69) is 0 Å². The standard InChI is InChI=1S/C21H20O13/c22-5-13-17(29)18(30)19(31)21(33-13)34-20-14-7(23)3-11(32-12(14)4-10(26)16(20)28)6-1-8(24)15(27)9(25)2-6/h1-4,13,17-19,21-22,24-31H,5H2/t13-,17+,18-,19+,21-/m0/s1. The SMILES string of the molecule is O=c1cc(-c2cc(O)c(O)c(O)c2)oc2cc(O)c(O)c(O[C@@H]3O[C@@H](CO)[C@@H](O)[C@H](O)[C@H]3O)c12. The number of hydrogen-bond donors (Lipinski definition) is 9. The summed E-state index contributed by atoms with van der Waals surface area (Å²) in [5, 5.41) is 88.3. The van der Waals surface area contributed by atoms with Gasteiger partial charge in [-0.05, 0) is 12.1 Å². The lowest BCUT2D eigenvalue weighted by molar-refractivity contribution is -0.277. The first kappa shape index (κ1) is 23.4. The fourth-order valence-electron chi connectivity index (χ4n) is 3.55. The van der Waals surface area contributed by atoms with Crippen LogP contribution in [-0.2, 0) is 4.74 Å². The number of aromatic hydroxyl groups is 5. The smallest absolute Gasteiger partial charge is 0.229 e. The zero-order valence-corrected chi connectivity index (χ0v) is 17.1. The van der Waals surface area contributed by atoms with E-state index in [4.69, 9.17) is 13.9 Å². The van der Waals surface area contributed by atoms with Crippen molar-refractivity contribution in [2.75, 3.05) is 6.61 Å². The van der Waals surface area contributed by atoms with Gasteiger partial charge in [-0.2, -0.15) is 0 Å². The van der Waals surface area contributed by atoms with E-state index in [9.17, 15) is 50.8 Å². The first-order chi connectivity index (χ1) is 16.0. The Morgan fingerprint density at radius 3 is 2.06 bits per heavy atom. The molecule has 9 N–H and O–H groups in total. The van der Waals surface area contributed by atoms with Crippen molar-refractivity contribution in [2.24, 2.45) is 0 Å². The number of phenols is 5. The van der Waals surface area contributed by atoms with Crippen LogP contribution in [0.25, 0.3) is 22.3 Å². The molecule has 1 aliphatic rings. The number of hydrogen-bond acceptors (Lipinski definition) is 13. The van der Waals surface area contributed by atoms with Crippen LogP contribution in [0.15, 0.2) is 33.5 Å². The van der Waals surface area contributed by atoms with Crippen molar-refractivity contribution in [1.29, 1.82) is 0 Å². The van der Waals surface area contributed by atoms with E-state index >= 15 is 0 Å². The normalized spacial score (nSPS) is 24.9. The Hall–Kier alpha value is -3.75. The van der Waals surface area contributed by atoms with Gasteiger partial charge in [0.15, 0.2) is 34.2 Å². The lowest BCUT2D eigenvalue weighted by Gasteiger charge is -2.39. The molecule has 2 heterocycles. The fraction of sp³-hybridized carbons (Fsp3) is 0.286. The van der Waals surface area contributed by atoms with Crippen molar-refractivity contribution in [1.82, 2.24) is 0 Å². The van der Waals surface area contributed by atoms with Crippen LogP contribution in [0, 0.1) is 0 Å². The van der Waals surface area contributed by atoms with Gasteiger partial charge in [-0.1, -0.05) is 0 Å². The van der Waals surface area contributed by atoms with Gasteiger partial charge in [-0.15, -0.1) is 0 Å². The summed E-state index contributed by atoms with van der Waals surface area (Å²) in [5.41, 5.74) is -1.18. The van der Waals surface area contributed by atoms with Crippen LogP contribution in [-0.4, -0.2) is 83.3 Å². The Morgan fingerprint density at radius 2 is 1.44 bits per heavy atom. The average molecular weight is 480 g/mol. The molecule has 34 heavy (non-hydrogen) atoms. The summed E-state index contributed by atoms with van der Waals surface area (Å²) < 4.78 is 16.2. The molecule has 1 saturated heterocycles. The lowest BCUT2D eigenvalue weighted by Crippen LogP contribution is -2.60. The largest absolute Gasteiger partial charge is 0.504 e. The summed E-state index contributed by atoms with van der Waals surface area (Å²) in [6.07, 6.45) is -8.48. The minimum Gasteiger partial charge on any atom is -0.504 e. The Bertz CT molecular complexity index is 1280. The van der Waals surface area contributed by atoms with Crippen molar-refractivity contribution in [3.63, 3.8) is 0 Å². The average Bonchev–Trinajstić information content (AvgIpc) is 2.79. The van der Waals surface area contributed by atoms with Crippen LogP contribution in [0.1, 0.15) is 0 Å². The van der Waals surface area contributed by atoms with Gasteiger partial charge in [0.1, 0.15) is 41.1 Å². The zero-order valence-electron chi connectivity index (χ0n) is 17.1. The maximum atomic E-state index is 12.9. The Morgan fingerprint density at radius 1 is 0.824 bits per heavy atom. The molecule has 0 saturated carbocycles. The fourth-order valence-corrected chi connectivity index (χ4v) is 3.55. The Labute approximate surface area is 189 Å². The second-order valence-electron chi connectivity index (χ2n) is 7.60. The predicted octanol–water partition coefficient (Wildman–Crippen LogP) is -0.833. The van der Waals surface area contributed by atoms with E-state index in [0.717, 1.165) is 24.3 Å². The monoisotopic (exact) mass is 480 g/mol. The van der Waals surface area contributed by atoms with Crippen molar-refractivity contribution < 1.29 is 59.8 Å². The molecule has 1 aromatic heterocycles. The summed E-state index contributed by atoms with van der Waals surface area (Å²) in [6.45, 7) is -0.755. The highest BCUT2D eigenvalue weighted by Gasteiger charge is 2.45. The second-order valence-corrected chi connectivity index (χ2v) is 7.60. The third-order valence-electron chi connectivity index (χ3n) is 5.36. The molecule has 0 radical (unpaired) electrons. The molecule has 0 amide bonds. The van der Waals surface area contributed by atoms with Gasteiger partial charge < -0.3 is 59.8 Å². The molecule has 2 aromatic carbocycles. The van der Waals surface area contributed by atoms with Gasteiger partial charge in [0.2, 0.25) is 12.0 Å². The molecule has 0 unspecified atom stereocenters. The molecule has 1 aliphatic heterocycles. The van der Waals surface area contributed by atoms with Gasteiger partial charge >= 0.3 is 0 Å². The first-order valence-corrected chi connectivity index (χ1v) is 9.78. The van der Waals surface area contributed by atoms with Crippen molar-refractivity contribution in [3.8, 4) is 45.8 Å². The minimum atomic E-state index is -1.87. The topological polar surface area (TPSA) is 231 Å².